The standard InChI is InChI=1S/C25H32F3NO5S/c1-23(2,3)24(4,18-10-6-7-12-20(18)34-25(26,27)28)15-9-8-11-19(30)17-13-14-21(33-5)22(16-17)35(29,31)32/h6-7,10,12-14,16H,8-9,11,15H2,1-5H3,(H2,29,31,32). The van der Waals surface area contributed by atoms with E-state index in [0.717, 1.165) is 0 Å². The first kappa shape index (κ1) is 28.6. The minimum absolute atomic E-state index is 0.0461. The predicted octanol–water partition coefficient (Wildman–Crippen LogP) is 5.99. The van der Waals surface area contributed by atoms with Crippen LogP contribution in [0, 0.1) is 5.41 Å². The van der Waals surface area contributed by atoms with Gasteiger partial charge in [-0.15, -0.1) is 13.2 Å². The molecule has 1 atom stereocenters. The Morgan fingerprint density at radius 2 is 1.60 bits per heavy atom. The normalized spacial score (nSPS) is 14.3. The fraction of sp³-hybridized carbons (Fsp3) is 0.480. The van der Waals surface area contributed by atoms with Gasteiger partial charge in [-0.05, 0) is 42.5 Å². The number of halogens is 3. The maximum atomic E-state index is 13.0. The molecule has 2 rings (SSSR count). The first-order chi connectivity index (χ1) is 16.0. The number of para-hydroxylation sites is 1. The van der Waals surface area contributed by atoms with Crippen LogP contribution in [-0.4, -0.2) is 27.7 Å². The smallest absolute Gasteiger partial charge is 0.495 e. The minimum Gasteiger partial charge on any atom is -0.495 e. The lowest BCUT2D eigenvalue weighted by Crippen LogP contribution is -2.38. The highest BCUT2D eigenvalue weighted by atomic mass is 32.2. The van der Waals surface area contributed by atoms with Crippen molar-refractivity contribution < 1.29 is 35.9 Å². The number of sulfonamides is 1. The molecule has 0 spiro atoms. The molecular formula is C25H32F3NO5S. The summed E-state index contributed by atoms with van der Waals surface area (Å²) in [6, 6.07) is 10.2. The number of ether oxygens (including phenoxy) is 2. The monoisotopic (exact) mass is 515 g/mol. The Morgan fingerprint density at radius 3 is 2.14 bits per heavy atom. The van der Waals surface area contributed by atoms with Crippen molar-refractivity contribution >= 4 is 15.8 Å². The maximum Gasteiger partial charge on any atom is 0.573 e. The van der Waals surface area contributed by atoms with E-state index >= 15 is 0 Å². The Kier molecular flexibility index (Phi) is 8.65. The fourth-order valence-corrected chi connectivity index (χ4v) is 4.75. The number of carbonyl (C=O) groups excluding carboxylic acids is 1. The van der Waals surface area contributed by atoms with Gasteiger partial charge in [0.15, 0.2) is 5.78 Å². The van der Waals surface area contributed by atoms with Gasteiger partial charge in [-0.3, -0.25) is 4.79 Å². The van der Waals surface area contributed by atoms with Crippen molar-refractivity contribution in [3.8, 4) is 11.5 Å². The highest BCUT2D eigenvalue weighted by Crippen LogP contribution is 2.49. The zero-order chi connectivity index (χ0) is 26.7. The number of Topliss-reactive ketones (excluding diaryl/α,β-unsaturated/α-hetero) is 1. The van der Waals surface area contributed by atoms with E-state index in [1.165, 1.54) is 37.4 Å². The number of nitrogens with two attached hydrogens (primary N) is 1. The molecule has 2 aromatic rings. The number of ketones is 1. The Morgan fingerprint density at radius 1 is 0.971 bits per heavy atom. The van der Waals surface area contributed by atoms with Crippen molar-refractivity contribution in [2.45, 2.75) is 70.1 Å². The molecule has 0 saturated heterocycles. The molecule has 0 aliphatic rings. The Hall–Kier alpha value is -2.59. The van der Waals surface area contributed by atoms with E-state index in [1.54, 1.807) is 12.1 Å². The van der Waals surface area contributed by atoms with Gasteiger partial charge in [0.2, 0.25) is 10.0 Å². The van der Waals surface area contributed by atoms with Crippen molar-refractivity contribution in [1.29, 1.82) is 0 Å². The summed E-state index contributed by atoms with van der Waals surface area (Å²) in [5, 5.41) is 5.22. The molecule has 10 heteroatoms. The summed E-state index contributed by atoms with van der Waals surface area (Å²) in [6.45, 7) is 7.76. The van der Waals surface area contributed by atoms with Crippen molar-refractivity contribution in [3.05, 3.63) is 53.6 Å². The van der Waals surface area contributed by atoms with Gasteiger partial charge < -0.3 is 9.47 Å². The first-order valence-corrected chi connectivity index (χ1v) is 12.6. The van der Waals surface area contributed by atoms with Crippen LogP contribution in [0.5, 0.6) is 11.5 Å². The highest BCUT2D eigenvalue weighted by Gasteiger charge is 2.42. The third-order valence-corrected chi connectivity index (χ3v) is 7.42. The lowest BCUT2D eigenvalue weighted by atomic mass is 9.61. The van der Waals surface area contributed by atoms with E-state index in [0.29, 0.717) is 24.8 Å². The second kappa shape index (κ2) is 10.6. The van der Waals surface area contributed by atoms with Crippen molar-refractivity contribution in [2.75, 3.05) is 7.11 Å². The third kappa shape index (κ3) is 7.20. The summed E-state index contributed by atoms with van der Waals surface area (Å²) in [6.07, 6.45) is -3.15. The maximum absolute atomic E-state index is 13.0. The van der Waals surface area contributed by atoms with Crippen LogP contribution < -0.4 is 14.6 Å². The van der Waals surface area contributed by atoms with Gasteiger partial charge in [0, 0.05) is 23.0 Å². The van der Waals surface area contributed by atoms with Gasteiger partial charge in [0.1, 0.15) is 16.4 Å². The Balaban J connectivity index is 2.18. The number of methoxy groups -OCH3 is 1. The van der Waals surface area contributed by atoms with E-state index in [9.17, 15) is 26.4 Å². The second-order valence-corrected chi connectivity index (χ2v) is 11.2. The molecule has 6 nitrogen and oxygen atoms in total. The molecule has 194 valence electrons. The summed E-state index contributed by atoms with van der Waals surface area (Å²) in [4.78, 5) is 12.4. The van der Waals surface area contributed by atoms with E-state index in [1.807, 2.05) is 27.7 Å². The van der Waals surface area contributed by atoms with E-state index in [2.05, 4.69) is 4.74 Å². The van der Waals surface area contributed by atoms with Gasteiger partial charge in [-0.25, -0.2) is 13.6 Å². The average Bonchev–Trinajstić information content (AvgIpc) is 2.73. The zero-order valence-corrected chi connectivity index (χ0v) is 21.3. The molecule has 0 heterocycles. The summed E-state index contributed by atoms with van der Waals surface area (Å²) >= 11 is 0. The third-order valence-electron chi connectivity index (χ3n) is 6.49. The summed E-state index contributed by atoms with van der Waals surface area (Å²) < 4.78 is 71.9. The summed E-state index contributed by atoms with van der Waals surface area (Å²) in [5.74, 6) is -0.456. The van der Waals surface area contributed by atoms with Crippen LogP contribution in [0.2, 0.25) is 0 Å². The molecule has 0 saturated carbocycles. The molecule has 0 aliphatic carbocycles. The van der Waals surface area contributed by atoms with Crippen LogP contribution in [0.15, 0.2) is 47.4 Å². The molecule has 0 aliphatic heterocycles. The van der Waals surface area contributed by atoms with Gasteiger partial charge in [-0.1, -0.05) is 52.3 Å². The number of primary sulfonamides is 1. The zero-order valence-electron chi connectivity index (χ0n) is 20.5. The molecular weight excluding hydrogens is 483 g/mol. The van der Waals surface area contributed by atoms with Crippen molar-refractivity contribution in [3.63, 3.8) is 0 Å². The quantitative estimate of drug-likeness (QED) is 0.310. The largest absolute Gasteiger partial charge is 0.573 e. The number of unbranched alkanes of at least 4 members (excludes halogenated alkanes) is 1. The van der Waals surface area contributed by atoms with Crippen molar-refractivity contribution in [2.24, 2.45) is 10.6 Å². The number of alkyl halides is 3. The molecule has 2 aromatic carbocycles. The van der Waals surface area contributed by atoms with Gasteiger partial charge >= 0.3 is 6.36 Å². The fourth-order valence-electron chi connectivity index (χ4n) is 4.03. The summed E-state index contributed by atoms with van der Waals surface area (Å²) in [7, 11) is -2.78. The molecule has 35 heavy (non-hydrogen) atoms. The first-order valence-electron chi connectivity index (χ1n) is 11.1. The lowest BCUT2D eigenvalue weighted by molar-refractivity contribution is -0.275. The molecule has 1 unspecified atom stereocenters. The number of hydrogen-bond acceptors (Lipinski definition) is 5. The van der Waals surface area contributed by atoms with Crippen LogP contribution in [0.25, 0.3) is 0 Å². The SMILES string of the molecule is COc1ccc(C(=O)CCCCC(C)(c2ccccc2OC(F)(F)F)C(C)(C)C)cc1S(N)(=O)=O. The minimum atomic E-state index is -4.81. The van der Waals surface area contributed by atoms with Crippen LogP contribution in [0.4, 0.5) is 13.2 Å². The average molecular weight is 516 g/mol. The van der Waals surface area contributed by atoms with Crippen LogP contribution in [0.3, 0.4) is 0 Å². The number of carbonyl (C=O) groups is 1. The van der Waals surface area contributed by atoms with Gasteiger partial charge in [0.05, 0.1) is 7.11 Å². The molecule has 0 fully saturated rings. The number of benzene rings is 2. The molecule has 0 amide bonds. The van der Waals surface area contributed by atoms with Crippen molar-refractivity contribution in [1.82, 2.24) is 0 Å². The molecule has 2 N–H and O–H groups in total. The Labute approximate surface area is 204 Å². The topological polar surface area (TPSA) is 95.7 Å². The van der Waals surface area contributed by atoms with Crippen LogP contribution >= 0.6 is 0 Å². The number of hydrogen-bond donors (Lipinski definition) is 1. The number of rotatable bonds is 10. The van der Waals surface area contributed by atoms with Crippen LogP contribution in [0.1, 0.15) is 69.3 Å². The highest BCUT2D eigenvalue weighted by molar-refractivity contribution is 7.89. The molecule has 0 aromatic heterocycles. The summed E-state index contributed by atoms with van der Waals surface area (Å²) in [5.41, 5.74) is -0.456. The lowest BCUT2D eigenvalue weighted by Gasteiger charge is -2.43. The Bertz CT molecular complexity index is 1160. The van der Waals surface area contributed by atoms with E-state index in [4.69, 9.17) is 9.88 Å². The van der Waals surface area contributed by atoms with Gasteiger partial charge in [-0.2, -0.15) is 0 Å². The van der Waals surface area contributed by atoms with Crippen LogP contribution in [-0.2, 0) is 15.4 Å². The van der Waals surface area contributed by atoms with Gasteiger partial charge in [0.25, 0.3) is 0 Å². The predicted molar refractivity (Wildman–Crippen MR) is 127 cm³/mol. The molecule has 0 radical (unpaired) electrons. The second-order valence-electron chi connectivity index (χ2n) is 9.67. The molecule has 0 bridgehead atoms. The van der Waals surface area contributed by atoms with E-state index < -0.39 is 27.2 Å². The van der Waals surface area contributed by atoms with E-state index in [-0.39, 0.29) is 34.2 Å².